The second-order valence-corrected chi connectivity index (χ2v) is 11.3. The van der Waals surface area contributed by atoms with Gasteiger partial charge in [-0.25, -0.2) is 18.2 Å². The highest BCUT2D eigenvalue weighted by atomic mass is 35.5. The van der Waals surface area contributed by atoms with Crippen LogP contribution in [0.5, 0.6) is 0 Å². The summed E-state index contributed by atoms with van der Waals surface area (Å²) in [6.45, 7) is 0. The van der Waals surface area contributed by atoms with E-state index in [0.29, 0.717) is 5.02 Å². The first kappa shape index (κ1) is 23.7. The monoisotopic (exact) mass is 524 g/mol. The molecule has 2 aromatic carbocycles. The van der Waals surface area contributed by atoms with E-state index < -0.39 is 29.0 Å². The Morgan fingerprint density at radius 2 is 1.82 bits per heavy atom. The number of hydrogen-bond acceptors (Lipinski definition) is 5. The minimum atomic E-state index is -1.59. The molecule has 0 radical (unpaired) electrons. The number of carbonyl (C=O) groups is 1. The number of thioether (sulfide) groups is 1. The molecule has 3 unspecified atom stereocenters. The molecule has 0 aliphatic heterocycles. The number of amides is 1. The van der Waals surface area contributed by atoms with E-state index in [2.05, 4.69) is 10.3 Å². The van der Waals surface area contributed by atoms with Crippen molar-refractivity contribution >= 4 is 46.3 Å². The van der Waals surface area contributed by atoms with Crippen LogP contribution in [0.25, 0.3) is 0 Å². The quantitative estimate of drug-likeness (QED) is 0.367. The molecule has 0 spiro atoms. The normalized spacial score (nSPS) is 26.0. The molecule has 2 N–H and O–H groups in total. The highest BCUT2D eigenvalue weighted by molar-refractivity contribution is 8.00. The Kier molecular flexibility index (Phi) is 6.39. The molecular weight excluding hydrogens is 505 g/mol. The van der Waals surface area contributed by atoms with Crippen molar-refractivity contribution in [3.8, 4) is 0 Å². The van der Waals surface area contributed by atoms with Crippen molar-refractivity contribution in [2.24, 2.45) is 11.8 Å². The number of rotatable bonds is 5. The molecule has 2 aliphatic rings. The lowest BCUT2D eigenvalue weighted by Crippen LogP contribution is -2.43. The number of nitrogens with zero attached hydrogens (tertiary/aromatic N) is 1. The van der Waals surface area contributed by atoms with Crippen LogP contribution in [-0.4, -0.2) is 21.2 Å². The summed E-state index contributed by atoms with van der Waals surface area (Å²) in [5.41, 5.74) is -0.804. The topological polar surface area (TPSA) is 62.2 Å². The number of carbonyl (C=O) groups excluding carboxylic acids is 1. The maximum absolute atomic E-state index is 13.5. The van der Waals surface area contributed by atoms with Gasteiger partial charge in [0.25, 0.3) is 5.91 Å². The number of thiazole rings is 1. The summed E-state index contributed by atoms with van der Waals surface area (Å²) >= 11 is 9.48. The molecule has 2 aliphatic carbocycles. The molecule has 2 fully saturated rings. The van der Waals surface area contributed by atoms with E-state index in [9.17, 15) is 23.1 Å². The molecule has 34 heavy (non-hydrogen) atoms. The zero-order valence-corrected chi connectivity index (χ0v) is 20.1. The zero-order chi connectivity index (χ0) is 24.0. The fraction of sp³-hybridized carbons (Fsp3) is 0.333. The summed E-state index contributed by atoms with van der Waals surface area (Å²) < 4.78 is 40.1. The molecule has 3 aromatic rings. The third-order valence-corrected chi connectivity index (χ3v) is 9.37. The number of aromatic nitrogens is 1. The Balaban J connectivity index is 1.31. The highest BCUT2D eigenvalue weighted by Crippen LogP contribution is 2.58. The van der Waals surface area contributed by atoms with E-state index in [1.54, 1.807) is 30.1 Å². The van der Waals surface area contributed by atoms with Gasteiger partial charge in [0.1, 0.15) is 10.6 Å². The average molecular weight is 525 g/mol. The van der Waals surface area contributed by atoms with Crippen molar-refractivity contribution in [1.82, 2.24) is 4.98 Å². The van der Waals surface area contributed by atoms with Gasteiger partial charge in [-0.2, -0.15) is 0 Å². The molecule has 10 heteroatoms. The average Bonchev–Trinajstić information content (AvgIpc) is 3.38. The van der Waals surface area contributed by atoms with Crippen LogP contribution in [0.15, 0.2) is 46.8 Å². The Hall–Kier alpha value is -2.07. The first-order chi connectivity index (χ1) is 16.3. The number of hydrogen-bond donors (Lipinski definition) is 2. The lowest BCUT2D eigenvalue weighted by molar-refractivity contribution is -0.0642. The maximum Gasteiger partial charge on any atom is 0.255 e. The molecule has 0 saturated heterocycles. The summed E-state index contributed by atoms with van der Waals surface area (Å²) in [6.07, 6.45) is 5.22. The van der Waals surface area contributed by atoms with Crippen LogP contribution >= 0.6 is 34.7 Å². The van der Waals surface area contributed by atoms with Crippen LogP contribution in [0.4, 0.5) is 18.9 Å². The molecule has 1 amide bonds. The molecule has 2 bridgehead atoms. The number of benzene rings is 2. The van der Waals surface area contributed by atoms with Gasteiger partial charge in [0.2, 0.25) is 0 Å². The van der Waals surface area contributed by atoms with Crippen molar-refractivity contribution in [1.29, 1.82) is 0 Å². The van der Waals surface area contributed by atoms with Crippen molar-refractivity contribution < 1.29 is 23.1 Å². The van der Waals surface area contributed by atoms with Gasteiger partial charge in [0, 0.05) is 45.1 Å². The van der Waals surface area contributed by atoms with Gasteiger partial charge in [-0.15, -0.1) is 23.1 Å². The number of halogens is 4. The van der Waals surface area contributed by atoms with E-state index in [1.807, 2.05) is 5.38 Å². The standard InChI is InChI=1S/C24H20ClF3N2O2S2/c25-17-4-1-12(22(31)30-15-10-18(26)21(28)19(27)11-15)7-20(17)34-16-8-13-2-3-14(9-16)24(13,32)23-29-5-6-33-23/h1,4-7,10-11,13-14,16,32H,2-3,8-9H2,(H,30,31)/t13-,14?,16?,24?/m0/s1. The maximum atomic E-state index is 13.5. The minimum absolute atomic E-state index is 0.114. The highest BCUT2D eigenvalue weighted by Gasteiger charge is 2.55. The third-order valence-electron chi connectivity index (χ3n) is 6.71. The third kappa shape index (κ3) is 4.23. The lowest BCUT2D eigenvalue weighted by Gasteiger charge is -2.41. The summed E-state index contributed by atoms with van der Waals surface area (Å²) in [5.74, 6) is -4.72. The first-order valence-electron chi connectivity index (χ1n) is 10.8. The van der Waals surface area contributed by atoms with Crippen LogP contribution in [0.2, 0.25) is 5.02 Å². The second kappa shape index (κ2) is 9.18. The SMILES string of the molecule is O=C(Nc1cc(F)c(F)c(F)c1)c1ccc(Cl)c(SC2CC3CC[C@@H](C2)C3(O)c2nccs2)c1. The van der Waals surface area contributed by atoms with Gasteiger partial charge in [0.05, 0.1) is 5.02 Å². The number of anilines is 1. The van der Waals surface area contributed by atoms with Crippen LogP contribution in [-0.2, 0) is 5.60 Å². The van der Waals surface area contributed by atoms with Crippen molar-refractivity contribution in [2.45, 2.75) is 41.4 Å². The van der Waals surface area contributed by atoms with E-state index in [0.717, 1.165) is 47.7 Å². The largest absolute Gasteiger partial charge is 0.382 e. The second-order valence-electron chi connectivity index (χ2n) is 8.70. The van der Waals surface area contributed by atoms with Crippen molar-refractivity contribution in [3.63, 3.8) is 0 Å². The van der Waals surface area contributed by atoms with E-state index in [1.165, 1.54) is 17.4 Å². The fourth-order valence-corrected chi connectivity index (χ4v) is 7.65. The molecule has 2 saturated carbocycles. The van der Waals surface area contributed by atoms with Crippen LogP contribution in [0.3, 0.4) is 0 Å². The minimum Gasteiger partial charge on any atom is -0.382 e. The molecule has 4 nitrogen and oxygen atoms in total. The summed E-state index contributed by atoms with van der Waals surface area (Å²) in [4.78, 5) is 17.8. The molecule has 1 aromatic heterocycles. The molecule has 5 rings (SSSR count). The van der Waals surface area contributed by atoms with Gasteiger partial charge in [-0.3, -0.25) is 4.79 Å². The van der Waals surface area contributed by atoms with Gasteiger partial charge in [-0.05, 0) is 55.7 Å². The van der Waals surface area contributed by atoms with Crippen LogP contribution in [0, 0.1) is 29.3 Å². The van der Waals surface area contributed by atoms with E-state index in [4.69, 9.17) is 11.6 Å². The molecule has 178 valence electrons. The van der Waals surface area contributed by atoms with Gasteiger partial charge >= 0.3 is 0 Å². The van der Waals surface area contributed by atoms with Gasteiger partial charge in [0.15, 0.2) is 17.5 Å². The molecule has 1 heterocycles. The Morgan fingerprint density at radius 3 is 2.44 bits per heavy atom. The number of nitrogens with one attached hydrogen (secondary N) is 1. The van der Waals surface area contributed by atoms with E-state index in [-0.39, 0.29) is 28.3 Å². The Labute approximate surface area is 207 Å². The van der Waals surface area contributed by atoms with E-state index >= 15 is 0 Å². The van der Waals surface area contributed by atoms with Gasteiger partial charge in [-0.1, -0.05) is 11.6 Å². The predicted molar refractivity (Wildman–Crippen MR) is 127 cm³/mol. The number of aliphatic hydroxyl groups is 1. The Bertz CT molecular complexity index is 1200. The number of fused-ring (bicyclic) bond motifs is 2. The van der Waals surface area contributed by atoms with Crippen molar-refractivity contribution in [2.75, 3.05) is 5.32 Å². The van der Waals surface area contributed by atoms with Crippen LogP contribution in [0.1, 0.15) is 41.0 Å². The fourth-order valence-electron chi connectivity index (χ4n) is 5.11. The van der Waals surface area contributed by atoms with Gasteiger partial charge < -0.3 is 10.4 Å². The smallest absolute Gasteiger partial charge is 0.255 e. The summed E-state index contributed by atoms with van der Waals surface area (Å²) in [6, 6.07) is 6.21. The van der Waals surface area contributed by atoms with Crippen LogP contribution < -0.4 is 5.32 Å². The zero-order valence-electron chi connectivity index (χ0n) is 17.7. The van der Waals surface area contributed by atoms with Crippen molar-refractivity contribution in [3.05, 3.63) is 75.0 Å². The summed E-state index contributed by atoms with van der Waals surface area (Å²) in [5, 5.41) is 17.2. The first-order valence-corrected chi connectivity index (χ1v) is 12.9. The predicted octanol–water partition coefficient (Wildman–Crippen LogP) is 6.63. The summed E-state index contributed by atoms with van der Waals surface area (Å²) in [7, 11) is 0. The Morgan fingerprint density at radius 1 is 1.15 bits per heavy atom. The molecule has 4 atom stereocenters. The molecular formula is C24H20ClF3N2O2S2. The lowest BCUT2D eigenvalue weighted by atomic mass is 9.74.